The predicted molar refractivity (Wildman–Crippen MR) is 77.4 cm³/mol. The largest absolute Gasteiger partial charge is 0.399 e. The molecule has 0 fully saturated rings. The van der Waals surface area contributed by atoms with Gasteiger partial charge in [0.05, 0.1) is 6.54 Å². The zero-order valence-corrected chi connectivity index (χ0v) is 11.9. The van der Waals surface area contributed by atoms with Gasteiger partial charge in [-0.15, -0.1) is 11.3 Å². The summed E-state index contributed by atoms with van der Waals surface area (Å²) in [4.78, 5) is 5.68. The van der Waals surface area contributed by atoms with Gasteiger partial charge in [-0.2, -0.15) is 0 Å². The Labute approximate surface area is 113 Å². The summed E-state index contributed by atoms with van der Waals surface area (Å²) in [7, 11) is 0. The summed E-state index contributed by atoms with van der Waals surface area (Å²) in [6, 6.07) is 5.74. The SMILES string of the molecule is CCc1cnc(CNc2ccc(N)cc2Br)s1. The summed E-state index contributed by atoms with van der Waals surface area (Å²) in [6.45, 7) is 2.88. The summed E-state index contributed by atoms with van der Waals surface area (Å²) >= 11 is 5.23. The number of benzene rings is 1. The summed E-state index contributed by atoms with van der Waals surface area (Å²) in [5, 5.41) is 4.44. The highest BCUT2D eigenvalue weighted by Crippen LogP contribution is 2.25. The number of hydrogen-bond donors (Lipinski definition) is 2. The van der Waals surface area contributed by atoms with Crippen molar-refractivity contribution in [2.24, 2.45) is 0 Å². The lowest BCUT2D eigenvalue weighted by atomic mass is 10.3. The lowest BCUT2D eigenvalue weighted by Gasteiger charge is -2.07. The summed E-state index contributed by atoms with van der Waals surface area (Å²) in [6.07, 6.45) is 2.99. The highest BCUT2D eigenvalue weighted by atomic mass is 79.9. The van der Waals surface area contributed by atoms with Gasteiger partial charge in [0, 0.05) is 26.9 Å². The molecule has 2 aromatic rings. The minimum Gasteiger partial charge on any atom is -0.399 e. The normalized spacial score (nSPS) is 10.5. The van der Waals surface area contributed by atoms with E-state index >= 15 is 0 Å². The Morgan fingerprint density at radius 2 is 2.29 bits per heavy atom. The van der Waals surface area contributed by atoms with Gasteiger partial charge < -0.3 is 11.1 Å². The van der Waals surface area contributed by atoms with E-state index in [-0.39, 0.29) is 0 Å². The van der Waals surface area contributed by atoms with Crippen molar-refractivity contribution in [1.82, 2.24) is 4.98 Å². The Bertz CT molecular complexity index is 510. The van der Waals surface area contributed by atoms with Gasteiger partial charge in [-0.1, -0.05) is 6.92 Å². The average Bonchev–Trinajstić information content (AvgIpc) is 2.76. The first kappa shape index (κ1) is 12.4. The van der Waals surface area contributed by atoms with Crippen LogP contribution in [0.4, 0.5) is 11.4 Å². The third kappa shape index (κ3) is 3.20. The molecule has 1 aromatic carbocycles. The van der Waals surface area contributed by atoms with Crippen molar-refractivity contribution in [2.45, 2.75) is 19.9 Å². The Kier molecular flexibility index (Phi) is 4.02. The molecule has 0 spiro atoms. The van der Waals surface area contributed by atoms with Crippen molar-refractivity contribution in [1.29, 1.82) is 0 Å². The number of aromatic nitrogens is 1. The Morgan fingerprint density at radius 1 is 1.47 bits per heavy atom. The van der Waals surface area contributed by atoms with Crippen LogP contribution in [0.15, 0.2) is 28.9 Å². The van der Waals surface area contributed by atoms with Crippen LogP contribution in [0.5, 0.6) is 0 Å². The molecular weight excluding hydrogens is 298 g/mol. The lowest BCUT2D eigenvalue weighted by molar-refractivity contribution is 1.09. The molecular formula is C12H14BrN3S. The summed E-state index contributed by atoms with van der Waals surface area (Å²) in [5.41, 5.74) is 7.48. The summed E-state index contributed by atoms with van der Waals surface area (Å²) < 4.78 is 0.977. The first-order valence-electron chi connectivity index (χ1n) is 5.41. The van der Waals surface area contributed by atoms with Gasteiger partial charge >= 0.3 is 0 Å². The molecule has 0 saturated heterocycles. The van der Waals surface area contributed by atoms with Crippen molar-refractivity contribution in [3.8, 4) is 0 Å². The maximum atomic E-state index is 5.69. The average molecular weight is 312 g/mol. The number of halogens is 1. The van der Waals surface area contributed by atoms with E-state index in [1.165, 1.54) is 4.88 Å². The smallest absolute Gasteiger partial charge is 0.112 e. The Morgan fingerprint density at radius 3 is 2.94 bits per heavy atom. The molecule has 1 aromatic heterocycles. The molecule has 0 atom stereocenters. The molecule has 17 heavy (non-hydrogen) atoms. The molecule has 1 heterocycles. The van der Waals surface area contributed by atoms with Crippen LogP contribution in [-0.2, 0) is 13.0 Å². The van der Waals surface area contributed by atoms with Gasteiger partial charge in [-0.05, 0) is 40.5 Å². The van der Waals surface area contributed by atoms with Crippen LogP contribution in [0.1, 0.15) is 16.8 Å². The van der Waals surface area contributed by atoms with Gasteiger partial charge in [-0.3, -0.25) is 0 Å². The van der Waals surface area contributed by atoms with Crippen molar-refractivity contribution >= 4 is 38.6 Å². The second-order valence-electron chi connectivity index (χ2n) is 3.67. The maximum absolute atomic E-state index is 5.69. The Balaban J connectivity index is 2.02. The third-order valence-corrected chi connectivity index (χ3v) is 4.17. The van der Waals surface area contributed by atoms with Crippen LogP contribution in [-0.4, -0.2) is 4.98 Å². The van der Waals surface area contributed by atoms with Gasteiger partial charge in [0.15, 0.2) is 0 Å². The van der Waals surface area contributed by atoms with E-state index < -0.39 is 0 Å². The molecule has 0 unspecified atom stereocenters. The predicted octanol–water partition coefficient (Wildman–Crippen LogP) is 3.66. The van der Waals surface area contributed by atoms with Gasteiger partial charge in [0.2, 0.25) is 0 Å². The zero-order valence-electron chi connectivity index (χ0n) is 9.53. The molecule has 2 rings (SSSR count). The van der Waals surface area contributed by atoms with Crippen LogP contribution in [0.25, 0.3) is 0 Å². The van der Waals surface area contributed by atoms with Gasteiger partial charge in [0.1, 0.15) is 5.01 Å². The number of nitrogens with two attached hydrogens (primary N) is 1. The minimum absolute atomic E-state index is 0.743. The topological polar surface area (TPSA) is 50.9 Å². The first-order valence-corrected chi connectivity index (χ1v) is 7.02. The van der Waals surface area contributed by atoms with E-state index in [2.05, 4.69) is 33.2 Å². The van der Waals surface area contributed by atoms with Crippen molar-refractivity contribution in [3.63, 3.8) is 0 Å². The van der Waals surface area contributed by atoms with E-state index in [1.54, 1.807) is 11.3 Å². The molecule has 0 bridgehead atoms. The highest BCUT2D eigenvalue weighted by Gasteiger charge is 2.03. The first-order chi connectivity index (χ1) is 8.19. The molecule has 0 aliphatic rings. The van der Waals surface area contributed by atoms with E-state index in [0.29, 0.717) is 0 Å². The van der Waals surface area contributed by atoms with Crippen molar-refractivity contribution in [2.75, 3.05) is 11.1 Å². The molecule has 0 aliphatic heterocycles. The number of hydrogen-bond acceptors (Lipinski definition) is 4. The molecule has 3 nitrogen and oxygen atoms in total. The van der Waals surface area contributed by atoms with Crippen LogP contribution in [0.3, 0.4) is 0 Å². The molecule has 3 N–H and O–H groups in total. The quantitative estimate of drug-likeness (QED) is 0.847. The number of aryl methyl sites for hydroxylation is 1. The molecule has 5 heteroatoms. The number of nitrogen functional groups attached to an aromatic ring is 1. The van der Waals surface area contributed by atoms with E-state index in [4.69, 9.17) is 5.73 Å². The van der Waals surface area contributed by atoms with Crippen LogP contribution >= 0.6 is 27.3 Å². The third-order valence-electron chi connectivity index (χ3n) is 2.37. The van der Waals surface area contributed by atoms with Crippen LogP contribution < -0.4 is 11.1 Å². The van der Waals surface area contributed by atoms with Crippen LogP contribution in [0.2, 0.25) is 0 Å². The fourth-order valence-corrected chi connectivity index (χ4v) is 2.78. The molecule has 90 valence electrons. The molecule has 0 aliphatic carbocycles. The maximum Gasteiger partial charge on any atom is 0.112 e. The minimum atomic E-state index is 0.743. The molecule has 0 saturated carbocycles. The van der Waals surface area contributed by atoms with Gasteiger partial charge in [0.25, 0.3) is 0 Å². The second kappa shape index (κ2) is 5.51. The number of nitrogens with one attached hydrogen (secondary N) is 1. The zero-order chi connectivity index (χ0) is 12.3. The standard InChI is InChI=1S/C12H14BrN3S/c1-2-9-6-16-12(17-9)7-15-11-4-3-8(14)5-10(11)13/h3-6,15H,2,7,14H2,1H3. The van der Waals surface area contributed by atoms with Crippen LogP contribution in [0, 0.1) is 0 Å². The number of anilines is 2. The fraction of sp³-hybridized carbons (Fsp3) is 0.250. The highest BCUT2D eigenvalue weighted by molar-refractivity contribution is 9.10. The van der Waals surface area contributed by atoms with Gasteiger partial charge in [-0.25, -0.2) is 4.98 Å². The van der Waals surface area contributed by atoms with E-state index in [0.717, 1.165) is 33.8 Å². The lowest BCUT2D eigenvalue weighted by Crippen LogP contribution is -1.99. The fourth-order valence-electron chi connectivity index (χ4n) is 1.44. The van der Waals surface area contributed by atoms with Crippen molar-refractivity contribution < 1.29 is 0 Å². The van der Waals surface area contributed by atoms with E-state index in [1.807, 2.05) is 24.4 Å². The molecule has 0 amide bonds. The number of nitrogens with zero attached hydrogens (tertiary/aromatic N) is 1. The molecule has 0 radical (unpaired) electrons. The van der Waals surface area contributed by atoms with Crippen molar-refractivity contribution in [3.05, 3.63) is 38.8 Å². The number of thiazole rings is 1. The van der Waals surface area contributed by atoms with E-state index in [9.17, 15) is 0 Å². The number of rotatable bonds is 4. The Hall–Kier alpha value is -1.07. The summed E-state index contributed by atoms with van der Waals surface area (Å²) in [5.74, 6) is 0. The monoisotopic (exact) mass is 311 g/mol. The second-order valence-corrected chi connectivity index (χ2v) is 5.72.